The van der Waals surface area contributed by atoms with Gasteiger partial charge in [-0.1, -0.05) is 0 Å². The summed E-state index contributed by atoms with van der Waals surface area (Å²) in [5, 5.41) is 10.4. The van der Waals surface area contributed by atoms with E-state index in [2.05, 4.69) is 0 Å². The van der Waals surface area contributed by atoms with E-state index in [1.165, 1.54) is 4.90 Å². The number of benzene rings is 1. The van der Waals surface area contributed by atoms with Crippen molar-refractivity contribution in [2.75, 3.05) is 19.7 Å². The number of hydrogen-bond acceptors (Lipinski definition) is 5. The second-order valence-corrected chi connectivity index (χ2v) is 7.29. The summed E-state index contributed by atoms with van der Waals surface area (Å²) in [6.45, 7) is 1.38. The van der Waals surface area contributed by atoms with E-state index in [-0.39, 0.29) is 31.2 Å². The molecule has 1 aliphatic heterocycles. The van der Waals surface area contributed by atoms with Gasteiger partial charge in [0.05, 0.1) is 6.54 Å². The van der Waals surface area contributed by atoms with E-state index in [0.29, 0.717) is 16.9 Å². The zero-order valence-corrected chi connectivity index (χ0v) is 15.2. The molecule has 0 spiro atoms. The Kier molecular flexibility index (Phi) is 4.63. The molecular weight excluding hydrogens is 353 g/mol. The number of carbonyl (C=O) groups excluding carboxylic acids is 1. The lowest BCUT2D eigenvalue weighted by atomic mass is 9.90. The first-order chi connectivity index (χ1) is 13.0. The van der Waals surface area contributed by atoms with Gasteiger partial charge in [0.25, 0.3) is 5.91 Å². The maximum Gasteiger partial charge on any atom is 0.339 e. The molecule has 0 bridgehead atoms. The summed E-state index contributed by atoms with van der Waals surface area (Å²) in [7, 11) is 0. The van der Waals surface area contributed by atoms with Crippen LogP contribution in [0, 0.1) is 6.92 Å². The highest BCUT2D eigenvalue weighted by atomic mass is 19.1. The molecule has 27 heavy (non-hydrogen) atoms. The molecule has 1 saturated heterocycles. The minimum absolute atomic E-state index is 0.0267. The monoisotopic (exact) mass is 375 g/mol. The number of halogens is 1. The minimum atomic E-state index is -1.42. The van der Waals surface area contributed by atoms with Crippen molar-refractivity contribution >= 4 is 16.9 Å². The van der Waals surface area contributed by atoms with Crippen LogP contribution in [0.1, 0.15) is 29.5 Å². The zero-order valence-electron chi connectivity index (χ0n) is 15.2. The fourth-order valence-corrected chi connectivity index (χ4v) is 3.96. The normalized spacial score (nSPS) is 22.1. The molecule has 144 valence electrons. The lowest BCUT2D eigenvalue weighted by molar-refractivity contribution is -0.132. The molecule has 2 aliphatic rings. The third-order valence-corrected chi connectivity index (χ3v) is 5.51. The number of β-amino-alcohol motifs (C(OH)–C–C–N with tert-alkyl or cyclic N) is 1. The van der Waals surface area contributed by atoms with Crippen LogP contribution >= 0.6 is 0 Å². The quantitative estimate of drug-likeness (QED) is 0.829. The number of aliphatic hydroxyl groups excluding tert-OH is 1. The topological polar surface area (TPSA) is 80.0 Å². The number of fused-ring (bicyclic) bond motifs is 3. The van der Waals surface area contributed by atoms with Crippen molar-refractivity contribution < 1.29 is 23.4 Å². The number of nitrogens with zero attached hydrogens (tertiary/aromatic N) is 1. The number of amides is 1. The third kappa shape index (κ3) is 3.20. The van der Waals surface area contributed by atoms with Crippen LogP contribution in [0.15, 0.2) is 21.3 Å². The zero-order chi connectivity index (χ0) is 19.1. The van der Waals surface area contributed by atoms with Gasteiger partial charge in [-0.2, -0.15) is 0 Å². The van der Waals surface area contributed by atoms with Crippen LogP contribution in [0.5, 0.6) is 5.75 Å². The Bertz CT molecular complexity index is 944. The summed E-state index contributed by atoms with van der Waals surface area (Å²) in [5.41, 5.74) is 2.68. The average Bonchev–Trinajstić information content (AvgIpc) is 3.01. The molecule has 1 fully saturated rings. The number of rotatable bonds is 3. The van der Waals surface area contributed by atoms with Gasteiger partial charge in [0.2, 0.25) is 0 Å². The largest absolute Gasteiger partial charge is 0.483 e. The van der Waals surface area contributed by atoms with Crippen LogP contribution < -0.4 is 10.4 Å². The molecule has 0 unspecified atom stereocenters. The second kappa shape index (κ2) is 6.96. The fraction of sp³-hybridized carbons (Fsp3) is 0.500. The van der Waals surface area contributed by atoms with Gasteiger partial charge in [0.15, 0.2) is 6.61 Å². The van der Waals surface area contributed by atoms with Crippen LogP contribution in [-0.2, 0) is 17.6 Å². The predicted octanol–water partition coefficient (Wildman–Crippen LogP) is 1.90. The Morgan fingerprint density at radius 1 is 1.30 bits per heavy atom. The Morgan fingerprint density at radius 2 is 2.04 bits per heavy atom. The first kappa shape index (κ1) is 18.0. The van der Waals surface area contributed by atoms with Gasteiger partial charge in [-0.05, 0) is 50.3 Å². The van der Waals surface area contributed by atoms with Gasteiger partial charge in [-0.3, -0.25) is 4.79 Å². The molecule has 1 amide bonds. The van der Waals surface area contributed by atoms with Gasteiger partial charge in [0, 0.05) is 23.1 Å². The van der Waals surface area contributed by atoms with Gasteiger partial charge in [0.1, 0.15) is 23.6 Å². The van der Waals surface area contributed by atoms with Crippen molar-refractivity contribution in [3.05, 3.63) is 39.2 Å². The van der Waals surface area contributed by atoms with Crippen LogP contribution in [0.2, 0.25) is 0 Å². The van der Waals surface area contributed by atoms with E-state index in [4.69, 9.17) is 9.15 Å². The van der Waals surface area contributed by atoms with Crippen LogP contribution in [0.25, 0.3) is 11.0 Å². The highest BCUT2D eigenvalue weighted by molar-refractivity contribution is 5.86. The molecule has 4 rings (SSSR count). The second-order valence-electron chi connectivity index (χ2n) is 7.29. The van der Waals surface area contributed by atoms with Gasteiger partial charge in [-0.25, -0.2) is 9.18 Å². The Hall–Kier alpha value is -2.41. The average molecular weight is 375 g/mol. The molecule has 1 aliphatic carbocycles. The lowest BCUT2D eigenvalue weighted by Gasteiger charge is -2.19. The van der Waals surface area contributed by atoms with Crippen molar-refractivity contribution in [3.8, 4) is 5.75 Å². The number of aliphatic hydroxyl groups is 1. The molecule has 1 aromatic heterocycles. The first-order valence-electron chi connectivity index (χ1n) is 9.26. The van der Waals surface area contributed by atoms with E-state index in [1.807, 2.05) is 6.07 Å². The first-order valence-corrected chi connectivity index (χ1v) is 9.26. The standard InChI is InChI=1S/C20H22FNO5/c1-11-17(26-10-18(24)22-8-15(21)16(23)9-22)7-6-13-12-4-2-3-5-14(12)20(25)27-19(11)13/h6-7,15-16,23H,2-5,8-10H2,1H3/t15-,16-/m1/s1. The fourth-order valence-electron chi connectivity index (χ4n) is 3.96. The third-order valence-electron chi connectivity index (χ3n) is 5.51. The maximum atomic E-state index is 13.4. The maximum absolute atomic E-state index is 13.4. The van der Waals surface area contributed by atoms with Crippen LogP contribution in [0.4, 0.5) is 4.39 Å². The molecule has 0 radical (unpaired) electrons. The van der Waals surface area contributed by atoms with Crippen molar-refractivity contribution in [3.63, 3.8) is 0 Å². The van der Waals surface area contributed by atoms with E-state index in [9.17, 15) is 19.1 Å². The molecule has 2 atom stereocenters. The summed E-state index contributed by atoms with van der Waals surface area (Å²) in [5.74, 6) is 0.0619. The predicted molar refractivity (Wildman–Crippen MR) is 96.8 cm³/mol. The summed E-state index contributed by atoms with van der Waals surface area (Å²) in [6.07, 6.45) is 1.09. The molecule has 1 aromatic carbocycles. The molecule has 2 aromatic rings. The highest BCUT2D eigenvalue weighted by Gasteiger charge is 2.34. The lowest BCUT2D eigenvalue weighted by Crippen LogP contribution is -2.33. The summed E-state index contributed by atoms with van der Waals surface area (Å²) in [4.78, 5) is 25.7. The van der Waals surface area contributed by atoms with Crippen molar-refractivity contribution in [1.82, 2.24) is 4.90 Å². The van der Waals surface area contributed by atoms with Gasteiger partial charge in [-0.15, -0.1) is 0 Å². The van der Waals surface area contributed by atoms with Crippen molar-refractivity contribution in [2.45, 2.75) is 44.9 Å². The van der Waals surface area contributed by atoms with Crippen molar-refractivity contribution in [2.24, 2.45) is 0 Å². The number of aryl methyl sites for hydroxylation is 2. The highest BCUT2D eigenvalue weighted by Crippen LogP contribution is 2.32. The van der Waals surface area contributed by atoms with Gasteiger partial charge < -0.3 is 19.2 Å². The Morgan fingerprint density at radius 3 is 2.74 bits per heavy atom. The number of likely N-dealkylation sites (tertiary alicyclic amines) is 1. The smallest absolute Gasteiger partial charge is 0.339 e. The summed E-state index contributed by atoms with van der Waals surface area (Å²) >= 11 is 0. The van der Waals surface area contributed by atoms with E-state index < -0.39 is 12.3 Å². The summed E-state index contributed by atoms with van der Waals surface area (Å²) in [6, 6.07) is 3.64. The Labute approximate surface area is 155 Å². The minimum Gasteiger partial charge on any atom is -0.483 e. The van der Waals surface area contributed by atoms with E-state index in [1.54, 1.807) is 13.0 Å². The molecule has 1 N–H and O–H groups in total. The van der Waals surface area contributed by atoms with Crippen LogP contribution in [-0.4, -0.2) is 47.9 Å². The van der Waals surface area contributed by atoms with Gasteiger partial charge >= 0.3 is 5.63 Å². The summed E-state index contributed by atoms with van der Waals surface area (Å²) < 4.78 is 24.5. The molecule has 0 saturated carbocycles. The number of hydrogen-bond donors (Lipinski definition) is 1. The van der Waals surface area contributed by atoms with E-state index >= 15 is 0 Å². The number of alkyl halides is 1. The number of carbonyl (C=O) groups is 1. The van der Waals surface area contributed by atoms with E-state index in [0.717, 1.165) is 42.2 Å². The molecule has 6 nitrogen and oxygen atoms in total. The molecule has 2 heterocycles. The molecule has 7 heteroatoms. The van der Waals surface area contributed by atoms with Crippen molar-refractivity contribution in [1.29, 1.82) is 0 Å². The van der Waals surface area contributed by atoms with Crippen LogP contribution in [0.3, 0.4) is 0 Å². The number of ether oxygens (including phenoxy) is 1. The molecular formula is C20H22FNO5. The Balaban J connectivity index is 1.57. The SMILES string of the molecule is Cc1c(OCC(=O)N2C[C@@H](O)[C@H](F)C2)ccc2c3c(c(=O)oc12)CCCC3.